The number of amides is 1. The molecule has 1 heterocycles. The summed E-state index contributed by atoms with van der Waals surface area (Å²) in [5, 5.41) is 0. The van der Waals surface area contributed by atoms with Gasteiger partial charge < -0.3 is 9.64 Å². The van der Waals surface area contributed by atoms with Crippen molar-refractivity contribution in [3.05, 3.63) is 42.9 Å². The lowest BCUT2D eigenvalue weighted by molar-refractivity contribution is -0.858. The van der Waals surface area contributed by atoms with E-state index in [1.807, 2.05) is 30.3 Å². The lowest BCUT2D eigenvalue weighted by Crippen LogP contribution is -3.10. The number of carbonyl (C=O) groups is 1. The monoisotopic (exact) mass is 234 g/mol. The van der Waals surface area contributed by atoms with E-state index < -0.39 is 0 Å². The van der Waals surface area contributed by atoms with Crippen molar-refractivity contribution in [2.24, 2.45) is 0 Å². The van der Waals surface area contributed by atoms with Crippen LogP contribution < -0.4 is 4.90 Å². The first-order valence-electron chi connectivity index (χ1n) is 5.88. The number of nitrogens with one attached hydrogen (secondary N) is 1. The fourth-order valence-electron chi connectivity index (χ4n) is 1.82. The fourth-order valence-corrected chi connectivity index (χ4v) is 1.82. The van der Waals surface area contributed by atoms with Crippen LogP contribution in [0.2, 0.25) is 0 Å². The van der Waals surface area contributed by atoms with E-state index in [1.54, 1.807) is 4.90 Å². The van der Waals surface area contributed by atoms with Gasteiger partial charge >= 0.3 is 6.09 Å². The number of hydrogen-bond donors (Lipinski definition) is 1. The molecule has 0 unspecified atom stereocenters. The summed E-state index contributed by atoms with van der Waals surface area (Å²) < 4.78 is 5.26. The average Bonchev–Trinajstić information content (AvgIpc) is 2.38. The Bertz CT molecular complexity index is 359. The maximum atomic E-state index is 11.8. The van der Waals surface area contributed by atoms with Gasteiger partial charge in [-0.25, -0.2) is 4.79 Å². The number of hydrogen-bond acceptors (Lipinski definition) is 2. The first-order chi connectivity index (χ1) is 8.25. The second-order valence-electron chi connectivity index (χ2n) is 4.28. The van der Waals surface area contributed by atoms with Crippen molar-refractivity contribution in [3.8, 4) is 0 Å². The zero-order valence-corrected chi connectivity index (χ0v) is 9.89. The minimum atomic E-state index is -0.221. The zero-order valence-electron chi connectivity index (χ0n) is 9.89. The van der Waals surface area contributed by atoms with E-state index in [9.17, 15) is 4.79 Å². The zero-order chi connectivity index (χ0) is 12.1. The Labute approximate surface area is 102 Å². The molecule has 1 aliphatic heterocycles. The highest BCUT2D eigenvalue weighted by Crippen LogP contribution is 2.03. The summed E-state index contributed by atoms with van der Waals surface area (Å²) in [6.45, 7) is 3.58. The summed E-state index contributed by atoms with van der Waals surface area (Å²) >= 11 is 0. The van der Waals surface area contributed by atoms with Crippen LogP contribution in [0.1, 0.15) is 5.56 Å². The van der Waals surface area contributed by atoms with Gasteiger partial charge in [0.05, 0.1) is 26.2 Å². The van der Waals surface area contributed by atoms with Crippen molar-refractivity contribution in [1.29, 1.82) is 0 Å². The normalized spacial score (nSPS) is 16.9. The van der Waals surface area contributed by atoms with Crippen molar-refractivity contribution in [1.82, 2.24) is 4.90 Å². The molecule has 4 heteroatoms. The van der Waals surface area contributed by atoms with E-state index in [1.165, 1.54) is 4.90 Å². The van der Waals surface area contributed by atoms with Crippen LogP contribution in [0.25, 0.3) is 0 Å². The Morgan fingerprint density at radius 3 is 2.59 bits per heavy atom. The molecule has 0 saturated carbocycles. The summed E-state index contributed by atoms with van der Waals surface area (Å²) in [6, 6.07) is 9.72. The number of rotatable bonds is 2. The molecule has 4 nitrogen and oxygen atoms in total. The first-order valence-corrected chi connectivity index (χ1v) is 5.88. The number of quaternary nitrogens is 1. The molecular weight excluding hydrogens is 216 g/mol. The van der Waals surface area contributed by atoms with Gasteiger partial charge in [-0.15, -0.1) is 0 Å². The van der Waals surface area contributed by atoms with Crippen LogP contribution in [0.4, 0.5) is 4.79 Å². The van der Waals surface area contributed by atoms with Gasteiger partial charge in [-0.3, -0.25) is 4.90 Å². The molecule has 2 rings (SSSR count). The molecule has 1 aromatic carbocycles. The highest BCUT2D eigenvalue weighted by atomic mass is 16.6. The van der Waals surface area contributed by atoms with Crippen LogP contribution in [-0.2, 0) is 11.3 Å². The lowest BCUT2D eigenvalue weighted by atomic mass is 10.2. The molecule has 17 heavy (non-hydrogen) atoms. The third-order valence-corrected chi connectivity index (χ3v) is 2.93. The topological polar surface area (TPSA) is 34.0 Å². The van der Waals surface area contributed by atoms with Crippen molar-refractivity contribution in [3.63, 3.8) is 0 Å². The number of nitrogens with zero attached hydrogens (tertiary/aromatic N) is 1. The van der Waals surface area contributed by atoms with Gasteiger partial charge in [0, 0.05) is 0 Å². The van der Waals surface area contributed by atoms with Crippen molar-refractivity contribution in [2.75, 3.05) is 26.2 Å². The number of piperazine rings is 1. The molecule has 1 fully saturated rings. The molecule has 0 spiro atoms. The Kier molecular flexibility index (Phi) is 3.98. The van der Waals surface area contributed by atoms with E-state index in [4.69, 9.17) is 4.74 Å². The maximum absolute atomic E-state index is 11.8. The molecule has 1 N–H and O–H groups in total. The van der Waals surface area contributed by atoms with E-state index in [-0.39, 0.29) is 6.09 Å². The van der Waals surface area contributed by atoms with Crippen molar-refractivity contribution in [2.45, 2.75) is 6.61 Å². The first kappa shape index (κ1) is 11.9. The Morgan fingerprint density at radius 1 is 1.29 bits per heavy atom. The number of benzene rings is 1. The number of ether oxygens (including phenoxy) is 1. The second kappa shape index (κ2) is 5.68. The predicted octanol–water partition coefficient (Wildman–Crippen LogP) is 0.315. The van der Waals surface area contributed by atoms with Crippen molar-refractivity contribution >= 4 is 6.09 Å². The Balaban J connectivity index is 1.78. The van der Waals surface area contributed by atoms with Crippen LogP contribution in [0, 0.1) is 7.05 Å². The molecule has 1 aromatic rings. The maximum Gasteiger partial charge on any atom is 0.410 e. The number of carbonyl (C=O) groups excluding carboxylic acids is 1. The third-order valence-electron chi connectivity index (χ3n) is 2.93. The average molecular weight is 234 g/mol. The molecule has 1 saturated heterocycles. The molecule has 0 aliphatic carbocycles. The van der Waals surface area contributed by atoms with Crippen LogP contribution in [-0.4, -0.2) is 37.2 Å². The largest absolute Gasteiger partial charge is 0.465 e. The Morgan fingerprint density at radius 2 is 1.94 bits per heavy atom. The minimum Gasteiger partial charge on any atom is -0.465 e. The summed E-state index contributed by atoms with van der Waals surface area (Å²) in [7, 11) is 3.92. The van der Waals surface area contributed by atoms with E-state index in [0.29, 0.717) is 6.61 Å². The van der Waals surface area contributed by atoms with Gasteiger partial charge in [-0.1, -0.05) is 30.3 Å². The van der Waals surface area contributed by atoms with Crippen LogP contribution in [0.5, 0.6) is 0 Å². The molecule has 0 aromatic heterocycles. The highest BCUT2D eigenvalue weighted by molar-refractivity contribution is 5.67. The highest BCUT2D eigenvalue weighted by Gasteiger charge is 2.20. The molecule has 0 bridgehead atoms. The SMILES string of the molecule is [CH2-][NH+]1CCN(C(=O)OCc2ccccc2)CC1. The van der Waals surface area contributed by atoms with Gasteiger partial charge in [0.15, 0.2) is 0 Å². The molecule has 1 amide bonds. The summed E-state index contributed by atoms with van der Waals surface area (Å²) in [6.07, 6.45) is -0.221. The minimum absolute atomic E-state index is 0.221. The van der Waals surface area contributed by atoms with Crippen LogP contribution in [0.3, 0.4) is 0 Å². The summed E-state index contributed by atoms with van der Waals surface area (Å²) in [5.41, 5.74) is 1.02. The van der Waals surface area contributed by atoms with Gasteiger partial charge in [0.1, 0.15) is 6.61 Å². The summed E-state index contributed by atoms with van der Waals surface area (Å²) in [4.78, 5) is 14.7. The van der Waals surface area contributed by atoms with Gasteiger partial charge in [0.25, 0.3) is 0 Å². The molecule has 92 valence electrons. The molecular formula is C13H18N2O2. The van der Waals surface area contributed by atoms with Gasteiger partial charge in [-0.05, 0) is 5.56 Å². The third kappa shape index (κ3) is 3.46. The van der Waals surface area contributed by atoms with Crippen LogP contribution in [0.15, 0.2) is 30.3 Å². The smallest absolute Gasteiger partial charge is 0.410 e. The van der Waals surface area contributed by atoms with Crippen molar-refractivity contribution < 1.29 is 14.4 Å². The predicted molar refractivity (Wildman–Crippen MR) is 64.3 cm³/mol. The van der Waals surface area contributed by atoms with Gasteiger partial charge in [0.2, 0.25) is 0 Å². The van der Waals surface area contributed by atoms with Gasteiger partial charge in [-0.2, -0.15) is 7.05 Å². The Hall–Kier alpha value is -1.55. The van der Waals surface area contributed by atoms with E-state index in [0.717, 1.165) is 31.7 Å². The molecule has 0 atom stereocenters. The fraction of sp³-hybridized carbons (Fsp3) is 0.385. The standard InChI is InChI=1S/C13H18N2O2/c1-14-7-9-15(10-8-14)13(16)17-11-12-5-3-2-4-6-12/h2-6,14H,1,7-11H2. The van der Waals surface area contributed by atoms with Crippen LogP contribution >= 0.6 is 0 Å². The molecule has 0 radical (unpaired) electrons. The quantitative estimate of drug-likeness (QED) is 0.748. The lowest BCUT2D eigenvalue weighted by Gasteiger charge is -2.33. The van der Waals surface area contributed by atoms with E-state index in [2.05, 4.69) is 7.05 Å². The second-order valence-corrected chi connectivity index (χ2v) is 4.28. The summed E-state index contributed by atoms with van der Waals surface area (Å²) in [5.74, 6) is 0. The molecule has 1 aliphatic rings. The van der Waals surface area contributed by atoms with E-state index >= 15 is 0 Å².